The molecule has 1 fully saturated rings. The molecule has 0 N–H and O–H groups in total. The van der Waals surface area contributed by atoms with Gasteiger partial charge in [-0.1, -0.05) is 0 Å². The predicted octanol–water partition coefficient (Wildman–Crippen LogP) is 2.66. The number of carbonyl (C=O) groups is 2. The smallest absolute Gasteiger partial charge is 0.228 e. The minimum absolute atomic E-state index is 0.0143. The van der Waals surface area contributed by atoms with Crippen molar-refractivity contribution in [2.45, 2.75) is 26.4 Å². The fourth-order valence-corrected chi connectivity index (χ4v) is 3.81. The van der Waals surface area contributed by atoms with E-state index in [9.17, 15) is 9.59 Å². The van der Waals surface area contributed by atoms with Gasteiger partial charge in [-0.3, -0.25) is 9.59 Å². The first-order valence-electron chi connectivity index (χ1n) is 7.62. The van der Waals surface area contributed by atoms with Crippen LogP contribution < -0.4 is 0 Å². The summed E-state index contributed by atoms with van der Waals surface area (Å²) < 4.78 is 5.28. The van der Waals surface area contributed by atoms with Gasteiger partial charge in [0.05, 0.1) is 25.3 Å². The number of aryl methyl sites for hydroxylation is 1. The maximum Gasteiger partial charge on any atom is 0.228 e. The summed E-state index contributed by atoms with van der Waals surface area (Å²) in [7, 11) is 1.81. The number of rotatable bonds is 5. The second kappa shape index (κ2) is 6.58. The van der Waals surface area contributed by atoms with Crippen LogP contribution >= 0.6 is 11.3 Å². The number of thiophene rings is 1. The summed E-state index contributed by atoms with van der Waals surface area (Å²) in [5, 5.41) is 2.03. The standard InChI is InChI=1S/C17H20N2O3S/c1-12-5-7-23-15(12)11-18(2)17(21)13-8-16(20)19(9-13)10-14-4-3-6-22-14/h3-7,13H,8-11H2,1-2H3. The summed E-state index contributed by atoms with van der Waals surface area (Å²) in [6, 6.07) is 5.70. The second-order valence-corrected chi connectivity index (χ2v) is 6.98. The van der Waals surface area contributed by atoms with Gasteiger partial charge in [0.2, 0.25) is 11.8 Å². The molecule has 122 valence electrons. The average molecular weight is 332 g/mol. The molecule has 1 aliphatic heterocycles. The van der Waals surface area contributed by atoms with Crippen LogP contribution in [0.4, 0.5) is 0 Å². The lowest BCUT2D eigenvalue weighted by Crippen LogP contribution is -2.34. The summed E-state index contributed by atoms with van der Waals surface area (Å²) in [5.74, 6) is 0.533. The molecule has 1 unspecified atom stereocenters. The summed E-state index contributed by atoms with van der Waals surface area (Å²) in [6.07, 6.45) is 1.88. The number of furan rings is 1. The third-order valence-corrected chi connectivity index (χ3v) is 5.22. The van der Waals surface area contributed by atoms with E-state index in [-0.39, 0.29) is 24.2 Å². The van der Waals surface area contributed by atoms with Gasteiger partial charge in [-0.25, -0.2) is 0 Å². The number of carbonyl (C=O) groups excluding carboxylic acids is 2. The van der Waals surface area contributed by atoms with Gasteiger partial charge in [0, 0.05) is 24.9 Å². The highest BCUT2D eigenvalue weighted by Crippen LogP contribution is 2.24. The molecule has 23 heavy (non-hydrogen) atoms. The molecule has 2 amide bonds. The molecule has 6 heteroatoms. The van der Waals surface area contributed by atoms with E-state index >= 15 is 0 Å². The quantitative estimate of drug-likeness (QED) is 0.846. The van der Waals surface area contributed by atoms with E-state index in [1.807, 2.05) is 18.4 Å². The van der Waals surface area contributed by atoms with Gasteiger partial charge >= 0.3 is 0 Å². The molecule has 3 rings (SSSR count). The van der Waals surface area contributed by atoms with Crippen LogP contribution in [0.1, 0.15) is 22.6 Å². The van der Waals surface area contributed by atoms with Crippen LogP contribution in [0.15, 0.2) is 34.3 Å². The van der Waals surface area contributed by atoms with Crippen LogP contribution in [0.2, 0.25) is 0 Å². The Morgan fingerprint density at radius 3 is 2.96 bits per heavy atom. The number of hydrogen-bond acceptors (Lipinski definition) is 4. The van der Waals surface area contributed by atoms with E-state index in [0.717, 1.165) is 5.76 Å². The van der Waals surface area contributed by atoms with Gasteiger partial charge in [0.25, 0.3) is 0 Å². The number of amides is 2. The normalized spacial score (nSPS) is 17.7. The molecule has 5 nitrogen and oxygen atoms in total. The maximum absolute atomic E-state index is 12.6. The molecule has 0 aromatic carbocycles. The zero-order valence-electron chi connectivity index (χ0n) is 13.3. The average Bonchev–Trinajstić information content (AvgIpc) is 3.24. The molecule has 2 aromatic heterocycles. The second-order valence-electron chi connectivity index (χ2n) is 5.98. The molecule has 0 spiro atoms. The van der Waals surface area contributed by atoms with Crippen molar-refractivity contribution in [3.8, 4) is 0 Å². The monoisotopic (exact) mass is 332 g/mol. The van der Waals surface area contributed by atoms with Crippen molar-refractivity contribution in [3.63, 3.8) is 0 Å². The highest BCUT2D eigenvalue weighted by molar-refractivity contribution is 7.10. The Hall–Kier alpha value is -2.08. The predicted molar refractivity (Wildman–Crippen MR) is 87.8 cm³/mol. The summed E-state index contributed by atoms with van der Waals surface area (Å²) in [5.41, 5.74) is 1.21. The first kappa shape index (κ1) is 15.8. The van der Waals surface area contributed by atoms with E-state index in [2.05, 4.69) is 6.07 Å². The Balaban J connectivity index is 1.59. The molecule has 2 aromatic rings. The Morgan fingerprint density at radius 1 is 1.48 bits per heavy atom. The van der Waals surface area contributed by atoms with Crippen LogP contribution in [0, 0.1) is 12.8 Å². The third-order valence-electron chi connectivity index (χ3n) is 4.22. The maximum atomic E-state index is 12.6. The van der Waals surface area contributed by atoms with Crippen LogP contribution in [-0.4, -0.2) is 35.2 Å². The number of hydrogen-bond donors (Lipinski definition) is 0. The van der Waals surface area contributed by atoms with E-state index in [4.69, 9.17) is 4.42 Å². The van der Waals surface area contributed by atoms with Crippen LogP contribution in [-0.2, 0) is 22.7 Å². The van der Waals surface area contributed by atoms with Crippen LogP contribution in [0.3, 0.4) is 0 Å². The van der Waals surface area contributed by atoms with Crippen molar-refractivity contribution in [3.05, 3.63) is 46.0 Å². The van der Waals surface area contributed by atoms with Gasteiger partial charge in [0.1, 0.15) is 5.76 Å². The number of likely N-dealkylation sites (tertiary alicyclic amines) is 1. The molecule has 0 aliphatic carbocycles. The van der Waals surface area contributed by atoms with Gasteiger partial charge in [0.15, 0.2) is 0 Å². The van der Waals surface area contributed by atoms with Gasteiger partial charge in [-0.15, -0.1) is 11.3 Å². The lowest BCUT2D eigenvalue weighted by atomic mass is 10.1. The van der Waals surface area contributed by atoms with Crippen molar-refractivity contribution < 1.29 is 14.0 Å². The fraction of sp³-hybridized carbons (Fsp3) is 0.412. The van der Waals surface area contributed by atoms with Gasteiger partial charge in [-0.2, -0.15) is 0 Å². The van der Waals surface area contributed by atoms with E-state index in [1.54, 1.807) is 40.5 Å². The van der Waals surface area contributed by atoms with E-state index in [1.165, 1.54) is 10.4 Å². The van der Waals surface area contributed by atoms with Crippen molar-refractivity contribution in [1.82, 2.24) is 9.80 Å². The Kier molecular flexibility index (Phi) is 4.52. The summed E-state index contributed by atoms with van der Waals surface area (Å²) in [6.45, 7) is 3.55. The summed E-state index contributed by atoms with van der Waals surface area (Å²) in [4.78, 5) is 29.4. The van der Waals surface area contributed by atoms with Crippen molar-refractivity contribution >= 4 is 23.2 Å². The molecular formula is C17H20N2O3S. The fourth-order valence-electron chi connectivity index (χ4n) is 2.85. The molecule has 0 bridgehead atoms. The van der Waals surface area contributed by atoms with Gasteiger partial charge in [-0.05, 0) is 36.1 Å². The minimum atomic E-state index is -0.261. The topological polar surface area (TPSA) is 53.8 Å². The molecule has 0 saturated carbocycles. The Morgan fingerprint density at radius 2 is 2.30 bits per heavy atom. The Labute approximate surface area is 139 Å². The van der Waals surface area contributed by atoms with E-state index < -0.39 is 0 Å². The molecule has 1 atom stereocenters. The highest BCUT2D eigenvalue weighted by atomic mass is 32.1. The molecule has 3 heterocycles. The summed E-state index contributed by atoms with van der Waals surface area (Å²) >= 11 is 1.66. The zero-order valence-corrected chi connectivity index (χ0v) is 14.1. The van der Waals surface area contributed by atoms with Crippen LogP contribution in [0.25, 0.3) is 0 Å². The van der Waals surface area contributed by atoms with Crippen molar-refractivity contribution in [1.29, 1.82) is 0 Å². The zero-order chi connectivity index (χ0) is 16.4. The lowest BCUT2D eigenvalue weighted by Gasteiger charge is -2.21. The lowest BCUT2D eigenvalue weighted by molar-refractivity contribution is -0.135. The Bertz CT molecular complexity index is 693. The molecule has 0 radical (unpaired) electrons. The largest absolute Gasteiger partial charge is 0.467 e. The highest BCUT2D eigenvalue weighted by Gasteiger charge is 2.36. The van der Waals surface area contributed by atoms with Gasteiger partial charge < -0.3 is 14.2 Å². The molecular weight excluding hydrogens is 312 g/mol. The number of nitrogens with zero attached hydrogens (tertiary/aromatic N) is 2. The SMILES string of the molecule is Cc1ccsc1CN(C)C(=O)C1CC(=O)N(Cc2ccco2)C1. The van der Waals surface area contributed by atoms with Crippen molar-refractivity contribution in [2.75, 3.05) is 13.6 Å². The first-order chi connectivity index (χ1) is 11.0. The minimum Gasteiger partial charge on any atom is -0.467 e. The van der Waals surface area contributed by atoms with Crippen molar-refractivity contribution in [2.24, 2.45) is 5.92 Å². The molecule has 1 saturated heterocycles. The first-order valence-corrected chi connectivity index (χ1v) is 8.50. The third kappa shape index (κ3) is 3.47. The van der Waals surface area contributed by atoms with E-state index in [0.29, 0.717) is 19.6 Å². The molecule has 1 aliphatic rings. The van der Waals surface area contributed by atoms with Crippen LogP contribution in [0.5, 0.6) is 0 Å².